The molecular weight excluding hydrogens is 290 g/mol. The maximum atomic E-state index is 13.7. The molecule has 0 aliphatic heterocycles. The molecule has 0 aromatic heterocycles. The van der Waals surface area contributed by atoms with Crippen molar-refractivity contribution in [2.75, 3.05) is 26.4 Å². The van der Waals surface area contributed by atoms with Crippen molar-refractivity contribution >= 4 is 0 Å². The SMILES string of the molecule is CCNCc1cccc(F)c1OCCCOCC(F)(F)F. The number of ether oxygens (including phenoxy) is 2. The molecule has 0 saturated heterocycles. The lowest BCUT2D eigenvalue weighted by atomic mass is 10.2. The lowest BCUT2D eigenvalue weighted by molar-refractivity contribution is -0.174. The van der Waals surface area contributed by atoms with Crippen molar-refractivity contribution in [3.05, 3.63) is 29.6 Å². The molecule has 0 spiro atoms. The van der Waals surface area contributed by atoms with Gasteiger partial charge in [0.25, 0.3) is 0 Å². The van der Waals surface area contributed by atoms with Gasteiger partial charge in [-0.05, 0) is 12.6 Å². The summed E-state index contributed by atoms with van der Waals surface area (Å²) in [7, 11) is 0. The molecule has 0 amide bonds. The van der Waals surface area contributed by atoms with E-state index in [1.54, 1.807) is 12.1 Å². The Hall–Kier alpha value is -1.34. The van der Waals surface area contributed by atoms with Gasteiger partial charge in [0.05, 0.1) is 13.2 Å². The van der Waals surface area contributed by atoms with Gasteiger partial charge in [0.15, 0.2) is 11.6 Å². The first-order valence-corrected chi connectivity index (χ1v) is 6.69. The molecule has 0 aliphatic rings. The number of hydrogen-bond acceptors (Lipinski definition) is 3. The number of hydrogen-bond donors (Lipinski definition) is 1. The summed E-state index contributed by atoms with van der Waals surface area (Å²) >= 11 is 0. The third-order valence-electron chi connectivity index (χ3n) is 2.56. The summed E-state index contributed by atoms with van der Waals surface area (Å²) in [5.74, 6) is -0.351. The topological polar surface area (TPSA) is 30.5 Å². The Balaban J connectivity index is 2.37. The van der Waals surface area contributed by atoms with Crippen molar-refractivity contribution in [3.63, 3.8) is 0 Å². The highest BCUT2D eigenvalue weighted by atomic mass is 19.4. The number of halogens is 4. The molecule has 0 radical (unpaired) electrons. The van der Waals surface area contributed by atoms with Crippen molar-refractivity contribution in [3.8, 4) is 5.75 Å². The summed E-state index contributed by atoms with van der Waals surface area (Å²) in [4.78, 5) is 0. The Morgan fingerprint density at radius 2 is 1.95 bits per heavy atom. The molecular formula is C14H19F4NO2. The van der Waals surface area contributed by atoms with Crippen LogP contribution in [0.5, 0.6) is 5.75 Å². The average molecular weight is 309 g/mol. The zero-order valence-electron chi connectivity index (χ0n) is 11.8. The van der Waals surface area contributed by atoms with E-state index < -0.39 is 18.6 Å². The Kier molecular flexibility index (Phi) is 7.45. The highest BCUT2D eigenvalue weighted by molar-refractivity contribution is 5.34. The molecule has 0 aliphatic carbocycles. The highest BCUT2D eigenvalue weighted by Gasteiger charge is 2.27. The summed E-state index contributed by atoms with van der Waals surface area (Å²) in [5.41, 5.74) is 0.674. The van der Waals surface area contributed by atoms with E-state index in [9.17, 15) is 17.6 Å². The predicted octanol–water partition coefficient (Wildman–Crippen LogP) is 3.28. The van der Waals surface area contributed by atoms with Crippen LogP contribution in [-0.2, 0) is 11.3 Å². The molecule has 7 heteroatoms. The molecule has 120 valence electrons. The minimum absolute atomic E-state index is 0.0868. The molecule has 1 rings (SSSR count). The van der Waals surface area contributed by atoms with Crippen molar-refractivity contribution < 1.29 is 27.0 Å². The van der Waals surface area contributed by atoms with Gasteiger partial charge in [0, 0.05) is 18.5 Å². The van der Waals surface area contributed by atoms with Crippen LogP contribution < -0.4 is 10.1 Å². The van der Waals surface area contributed by atoms with Crippen molar-refractivity contribution in [1.82, 2.24) is 5.32 Å². The number of rotatable bonds is 9. The molecule has 0 bridgehead atoms. The fourth-order valence-corrected chi connectivity index (χ4v) is 1.64. The van der Waals surface area contributed by atoms with Crippen LogP contribution >= 0.6 is 0 Å². The molecule has 0 heterocycles. The number of benzene rings is 1. The Morgan fingerprint density at radius 3 is 2.62 bits per heavy atom. The van der Waals surface area contributed by atoms with Gasteiger partial charge >= 0.3 is 6.18 Å². The first-order valence-electron chi connectivity index (χ1n) is 6.69. The number of para-hydroxylation sites is 1. The standard InChI is InChI=1S/C14H19F4NO2/c1-2-19-9-11-5-3-6-12(15)13(11)21-8-4-7-20-10-14(16,17)18/h3,5-6,19H,2,4,7-10H2,1H3. The van der Waals surface area contributed by atoms with Crippen LogP contribution in [0.25, 0.3) is 0 Å². The lowest BCUT2D eigenvalue weighted by Gasteiger charge is -2.13. The van der Waals surface area contributed by atoms with Crippen LogP contribution in [0.3, 0.4) is 0 Å². The summed E-state index contributed by atoms with van der Waals surface area (Å²) in [6.45, 7) is 1.86. The zero-order valence-corrected chi connectivity index (χ0v) is 11.8. The van der Waals surface area contributed by atoms with Crippen molar-refractivity contribution in [2.45, 2.75) is 26.1 Å². The molecule has 0 unspecified atom stereocenters. The zero-order chi connectivity index (χ0) is 15.7. The summed E-state index contributed by atoms with van der Waals surface area (Å²) in [6, 6.07) is 4.60. The van der Waals surface area contributed by atoms with Gasteiger partial charge in [0.1, 0.15) is 6.61 Å². The third kappa shape index (κ3) is 7.29. The van der Waals surface area contributed by atoms with Gasteiger partial charge in [-0.3, -0.25) is 0 Å². The van der Waals surface area contributed by atoms with E-state index in [1.165, 1.54) is 6.07 Å². The molecule has 0 saturated carbocycles. The normalized spacial score (nSPS) is 11.7. The van der Waals surface area contributed by atoms with Gasteiger partial charge in [-0.2, -0.15) is 13.2 Å². The van der Waals surface area contributed by atoms with Crippen LogP contribution in [0.1, 0.15) is 18.9 Å². The van der Waals surface area contributed by atoms with E-state index in [2.05, 4.69) is 10.1 Å². The quantitative estimate of drug-likeness (QED) is 0.561. The maximum absolute atomic E-state index is 13.7. The maximum Gasteiger partial charge on any atom is 0.411 e. The fourth-order valence-electron chi connectivity index (χ4n) is 1.64. The monoisotopic (exact) mass is 309 g/mol. The lowest BCUT2D eigenvalue weighted by Crippen LogP contribution is -2.18. The second kappa shape index (κ2) is 8.84. The fraction of sp³-hybridized carbons (Fsp3) is 0.571. The van der Waals surface area contributed by atoms with Crippen LogP contribution in [0.2, 0.25) is 0 Å². The smallest absolute Gasteiger partial charge is 0.411 e. The molecule has 1 aromatic rings. The van der Waals surface area contributed by atoms with E-state index in [0.29, 0.717) is 12.1 Å². The van der Waals surface area contributed by atoms with Crippen molar-refractivity contribution in [2.24, 2.45) is 0 Å². The van der Waals surface area contributed by atoms with E-state index in [1.807, 2.05) is 6.92 Å². The Labute approximate surface area is 121 Å². The summed E-state index contributed by atoms with van der Waals surface area (Å²) in [6.07, 6.45) is -4.07. The second-order valence-corrected chi connectivity index (χ2v) is 4.38. The van der Waals surface area contributed by atoms with Crippen LogP contribution in [0.15, 0.2) is 18.2 Å². The Bertz CT molecular complexity index is 424. The average Bonchev–Trinajstić information content (AvgIpc) is 2.41. The van der Waals surface area contributed by atoms with Crippen molar-refractivity contribution in [1.29, 1.82) is 0 Å². The minimum atomic E-state index is -4.33. The second-order valence-electron chi connectivity index (χ2n) is 4.38. The van der Waals surface area contributed by atoms with Crippen LogP contribution in [-0.4, -0.2) is 32.5 Å². The molecule has 0 atom stereocenters. The minimum Gasteiger partial charge on any atom is -0.490 e. The van der Waals surface area contributed by atoms with E-state index in [0.717, 1.165) is 6.54 Å². The third-order valence-corrected chi connectivity index (χ3v) is 2.56. The van der Waals surface area contributed by atoms with E-state index in [4.69, 9.17) is 4.74 Å². The molecule has 1 aromatic carbocycles. The molecule has 0 fully saturated rings. The number of alkyl halides is 3. The first-order chi connectivity index (χ1) is 9.94. The van der Waals surface area contributed by atoms with Gasteiger partial charge in [-0.25, -0.2) is 4.39 Å². The van der Waals surface area contributed by atoms with Crippen LogP contribution in [0, 0.1) is 5.82 Å². The van der Waals surface area contributed by atoms with Gasteiger partial charge in [-0.15, -0.1) is 0 Å². The first kappa shape index (κ1) is 17.7. The Morgan fingerprint density at radius 1 is 1.19 bits per heavy atom. The number of nitrogens with one attached hydrogen (secondary N) is 1. The van der Waals surface area contributed by atoms with E-state index >= 15 is 0 Å². The summed E-state index contributed by atoms with van der Waals surface area (Å²) < 4.78 is 59.0. The van der Waals surface area contributed by atoms with E-state index in [-0.39, 0.29) is 25.4 Å². The molecule has 1 N–H and O–H groups in total. The largest absolute Gasteiger partial charge is 0.490 e. The predicted molar refractivity (Wildman–Crippen MR) is 70.8 cm³/mol. The van der Waals surface area contributed by atoms with Gasteiger partial charge in [0.2, 0.25) is 0 Å². The van der Waals surface area contributed by atoms with Gasteiger partial charge in [-0.1, -0.05) is 19.1 Å². The highest BCUT2D eigenvalue weighted by Crippen LogP contribution is 2.22. The van der Waals surface area contributed by atoms with Crippen LogP contribution in [0.4, 0.5) is 17.6 Å². The summed E-state index contributed by atoms with van der Waals surface area (Å²) in [5, 5.41) is 3.06. The molecule has 3 nitrogen and oxygen atoms in total. The van der Waals surface area contributed by atoms with Gasteiger partial charge < -0.3 is 14.8 Å². The molecule has 21 heavy (non-hydrogen) atoms.